The molecule has 0 unspecified atom stereocenters. The van der Waals surface area contributed by atoms with Gasteiger partial charge in [-0.3, -0.25) is 4.79 Å². The van der Waals surface area contributed by atoms with Crippen LogP contribution < -0.4 is 10.1 Å². The van der Waals surface area contributed by atoms with Gasteiger partial charge < -0.3 is 20.3 Å². The molecule has 3 N–H and O–H groups in total. The highest BCUT2D eigenvalue weighted by atomic mass is 16.5. The molecule has 0 aliphatic heterocycles. The molecule has 6 nitrogen and oxygen atoms in total. The third kappa shape index (κ3) is 4.07. The van der Waals surface area contributed by atoms with Crippen molar-refractivity contribution in [1.29, 1.82) is 0 Å². The number of aliphatic hydroxyl groups is 1. The molecule has 22 heavy (non-hydrogen) atoms. The highest BCUT2D eigenvalue weighted by Gasteiger charge is 2.19. The fraction of sp³-hybridized carbons (Fsp3) is 0.125. The first-order valence-electron chi connectivity index (χ1n) is 6.57. The number of carboxylic acids is 1. The number of ether oxygens (including phenoxy) is 1. The average Bonchev–Trinajstić information content (AvgIpc) is 2.53. The molecule has 0 aliphatic carbocycles. The van der Waals surface area contributed by atoms with Crippen molar-refractivity contribution in [2.24, 2.45) is 0 Å². The van der Waals surface area contributed by atoms with Crippen LogP contribution in [0.25, 0.3) is 0 Å². The Bertz CT molecular complexity index is 657. The van der Waals surface area contributed by atoms with Gasteiger partial charge in [-0.05, 0) is 30.3 Å². The van der Waals surface area contributed by atoms with Crippen molar-refractivity contribution >= 4 is 11.9 Å². The number of amides is 1. The lowest BCUT2D eigenvalue weighted by atomic mass is 10.2. The van der Waals surface area contributed by atoms with Crippen molar-refractivity contribution in [2.45, 2.75) is 6.04 Å². The molecular weight excluding hydrogens is 286 g/mol. The maximum absolute atomic E-state index is 12.0. The van der Waals surface area contributed by atoms with Crippen molar-refractivity contribution in [2.75, 3.05) is 6.61 Å². The summed E-state index contributed by atoms with van der Waals surface area (Å²) in [5.41, 5.74) is 0.244. The second kappa shape index (κ2) is 7.24. The lowest BCUT2D eigenvalue weighted by Crippen LogP contribution is -2.43. The van der Waals surface area contributed by atoms with Gasteiger partial charge in [-0.2, -0.15) is 0 Å². The second-order valence-electron chi connectivity index (χ2n) is 4.49. The lowest BCUT2D eigenvalue weighted by Gasteiger charge is -2.12. The summed E-state index contributed by atoms with van der Waals surface area (Å²) in [6, 6.07) is 14.1. The van der Waals surface area contributed by atoms with E-state index in [1.54, 1.807) is 24.3 Å². The Kier molecular flexibility index (Phi) is 5.11. The Morgan fingerprint density at radius 3 is 2.36 bits per heavy atom. The van der Waals surface area contributed by atoms with Crippen LogP contribution in [0.5, 0.6) is 11.5 Å². The highest BCUT2D eigenvalue weighted by Crippen LogP contribution is 2.21. The molecule has 6 heteroatoms. The minimum absolute atomic E-state index is 0.244. The molecule has 0 saturated heterocycles. The Morgan fingerprint density at radius 2 is 1.73 bits per heavy atom. The number of hydrogen-bond donors (Lipinski definition) is 3. The number of carboxylic acid groups (broad SMARTS) is 1. The van der Waals surface area contributed by atoms with Gasteiger partial charge in [0.2, 0.25) is 0 Å². The van der Waals surface area contributed by atoms with Gasteiger partial charge in [0.15, 0.2) is 6.04 Å². The number of carbonyl (C=O) groups is 2. The van der Waals surface area contributed by atoms with Crippen LogP contribution in [0.3, 0.4) is 0 Å². The Hall–Kier alpha value is -2.86. The van der Waals surface area contributed by atoms with Crippen LogP contribution in [-0.4, -0.2) is 34.7 Å². The Morgan fingerprint density at radius 1 is 1.05 bits per heavy atom. The number of aliphatic carboxylic acids is 1. The molecule has 0 saturated carbocycles. The van der Waals surface area contributed by atoms with E-state index < -0.39 is 24.5 Å². The van der Waals surface area contributed by atoms with Crippen molar-refractivity contribution < 1.29 is 24.5 Å². The first kappa shape index (κ1) is 15.5. The second-order valence-corrected chi connectivity index (χ2v) is 4.49. The number of benzene rings is 2. The molecule has 2 aromatic carbocycles. The number of para-hydroxylation sites is 1. The molecule has 114 valence electrons. The number of carbonyl (C=O) groups excluding carboxylic acids is 1. The van der Waals surface area contributed by atoms with Crippen LogP contribution >= 0.6 is 0 Å². The van der Waals surface area contributed by atoms with E-state index in [2.05, 4.69) is 5.32 Å². The summed E-state index contributed by atoms with van der Waals surface area (Å²) in [4.78, 5) is 22.8. The molecule has 0 bridgehead atoms. The maximum atomic E-state index is 12.0. The standard InChI is InChI=1S/C16H15NO5/c18-10-14(16(20)21)17-15(19)11-5-4-8-13(9-11)22-12-6-2-1-3-7-12/h1-9,14,18H,10H2,(H,17,19)(H,20,21)/t14-/m0/s1. The van der Waals surface area contributed by atoms with Gasteiger partial charge >= 0.3 is 5.97 Å². The van der Waals surface area contributed by atoms with Crippen molar-refractivity contribution in [3.05, 3.63) is 60.2 Å². The van der Waals surface area contributed by atoms with Gasteiger partial charge in [0, 0.05) is 5.56 Å². The molecule has 0 heterocycles. The summed E-state index contributed by atoms with van der Waals surface area (Å²) in [7, 11) is 0. The molecule has 0 aromatic heterocycles. The highest BCUT2D eigenvalue weighted by molar-refractivity contribution is 5.96. The van der Waals surface area contributed by atoms with Crippen molar-refractivity contribution in [3.63, 3.8) is 0 Å². The predicted octanol–water partition coefficient (Wildman–Crippen LogP) is 1.65. The zero-order valence-electron chi connectivity index (χ0n) is 11.6. The normalized spacial score (nSPS) is 11.5. The van der Waals surface area contributed by atoms with Crippen LogP contribution in [0.4, 0.5) is 0 Å². The number of rotatable bonds is 6. The largest absolute Gasteiger partial charge is 0.480 e. The van der Waals surface area contributed by atoms with Crippen molar-refractivity contribution in [1.82, 2.24) is 5.32 Å². The molecular formula is C16H15NO5. The molecule has 0 spiro atoms. The molecule has 0 radical (unpaired) electrons. The van der Waals surface area contributed by atoms with Crippen LogP contribution in [0.2, 0.25) is 0 Å². The first-order chi connectivity index (χ1) is 10.6. The van der Waals surface area contributed by atoms with E-state index in [1.807, 2.05) is 18.2 Å². The number of nitrogens with one attached hydrogen (secondary N) is 1. The van der Waals surface area contributed by atoms with Gasteiger partial charge in [0.05, 0.1) is 6.61 Å². The molecule has 2 rings (SSSR count). The third-order valence-corrected chi connectivity index (χ3v) is 2.86. The van der Waals surface area contributed by atoms with E-state index >= 15 is 0 Å². The van der Waals surface area contributed by atoms with Gasteiger partial charge in [-0.1, -0.05) is 24.3 Å². The van der Waals surface area contributed by atoms with Crippen LogP contribution in [0, 0.1) is 0 Å². The third-order valence-electron chi connectivity index (χ3n) is 2.86. The van der Waals surface area contributed by atoms with Gasteiger partial charge in [-0.15, -0.1) is 0 Å². The summed E-state index contributed by atoms with van der Waals surface area (Å²) < 4.78 is 5.60. The molecule has 0 fully saturated rings. The lowest BCUT2D eigenvalue weighted by molar-refractivity contribution is -0.140. The van der Waals surface area contributed by atoms with E-state index in [1.165, 1.54) is 12.1 Å². The van der Waals surface area contributed by atoms with E-state index in [0.717, 1.165) is 0 Å². The quantitative estimate of drug-likeness (QED) is 0.754. The van der Waals surface area contributed by atoms with E-state index in [9.17, 15) is 9.59 Å². The maximum Gasteiger partial charge on any atom is 0.328 e. The summed E-state index contributed by atoms with van der Waals surface area (Å²) in [6.45, 7) is -0.679. The first-order valence-corrected chi connectivity index (χ1v) is 6.57. The average molecular weight is 301 g/mol. The van der Waals surface area contributed by atoms with E-state index in [-0.39, 0.29) is 5.56 Å². The summed E-state index contributed by atoms with van der Waals surface area (Å²) >= 11 is 0. The minimum atomic E-state index is -1.34. The topological polar surface area (TPSA) is 95.9 Å². The SMILES string of the molecule is O=C(N[C@@H](CO)C(=O)O)c1cccc(Oc2ccccc2)c1. The smallest absolute Gasteiger partial charge is 0.328 e. The number of aliphatic hydroxyl groups excluding tert-OH is 1. The van der Waals surface area contributed by atoms with Gasteiger partial charge in [0.1, 0.15) is 11.5 Å². The van der Waals surface area contributed by atoms with E-state index in [4.69, 9.17) is 14.9 Å². The minimum Gasteiger partial charge on any atom is -0.480 e. The van der Waals surface area contributed by atoms with Crippen molar-refractivity contribution in [3.8, 4) is 11.5 Å². The fourth-order valence-corrected chi connectivity index (χ4v) is 1.75. The van der Waals surface area contributed by atoms with Gasteiger partial charge in [0.25, 0.3) is 5.91 Å². The van der Waals surface area contributed by atoms with Crippen LogP contribution in [-0.2, 0) is 4.79 Å². The molecule has 1 atom stereocenters. The Balaban J connectivity index is 2.11. The molecule has 0 aliphatic rings. The van der Waals surface area contributed by atoms with Gasteiger partial charge in [-0.25, -0.2) is 4.79 Å². The summed E-state index contributed by atoms with van der Waals surface area (Å²) in [6.07, 6.45) is 0. The zero-order valence-corrected chi connectivity index (χ0v) is 11.6. The molecule has 2 aromatic rings. The number of hydrogen-bond acceptors (Lipinski definition) is 4. The summed E-state index contributed by atoms with van der Waals surface area (Å²) in [5.74, 6) is -0.818. The van der Waals surface area contributed by atoms with Crippen LogP contribution in [0.15, 0.2) is 54.6 Å². The molecule has 1 amide bonds. The predicted molar refractivity (Wildman–Crippen MR) is 78.9 cm³/mol. The van der Waals surface area contributed by atoms with E-state index in [0.29, 0.717) is 11.5 Å². The monoisotopic (exact) mass is 301 g/mol. The zero-order chi connectivity index (χ0) is 15.9. The summed E-state index contributed by atoms with van der Waals surface area (Å²) in [5, 5.41) is 20.0. The fourth-order valence-electron chi connectivity index (χ4n) is 1.75. The van der Waals surface area contributed by atoms with Crippen LogP contribution in [0.1, 0.15) is 10.4 Å². The Labute approximate surface area is 127 Å².